The minimum absolute atomic E-state index is 0.0783. The molecule has 0 aliphatic rings. The van der Waals surface area contributed by atoms with E-state index >= 15 is 0 Å². The second kappa shape index (κ2) is 14.1. The minimum atomic E-state index is -4.15. The van der Waals surface area contributed by atoms with E-state index in [-0.39, 0.29) is 23.8 Å². The quantitative estimate of drug-likeness (QED) is 0.210. The fourth-order valence-corrected chi connectivity index (χ4v) is 6.80. The van der Waals surface area contributed by atoms with Crippen molar-refractivity contribution >= 4 is 27.5 Å². The van der Waals surface area contributed by atoms with Crippen LogP contribution in [0.25, 0.3) is 0 Å². The zero-order chi connectivity index (χ0) is 32.8. The zero-order valence-electron chi connectivity index (χ0n) is 26.9. The molecule has 45 heavy (non-hydrogen) atoms. The molecule has 1 N–H and O–H groups in total. The molecule has 0 aromatic heterocycles. The molecule has 0 aliphatic heterocycles. The second-order valence-electron chi connectivity index (χ2n) is 12.5. The van der Waals surface area contributed by atoms with Crippen molar-refractivity contribution in [1.29, 1.82) is 0 Å². The Kier molecular flexibility index (Phi) is 10.5. The average molecular weight is 626 g/mol. The van der Waals surface area contributed by atoms with Crippen LogP contribution in [0.15, 0.2) is 108 Å². The highest BCUT2D eigenvalue weighted by atomic mass is 32.2. The van der Waals surface area contributed by atoms with E-state index in [1.165, 1.54) is 21.3 Å². The Morgan fingerprint density at radius 2 is 1.38 bits per heavy atom. The summed E-state index contributed by atoms with van der Waals surface area (Å²) in [6, 6.07) is 29.9. The molecular weight excluding hydrogens is 582 g/mol. The van der Waals surface area contributed by atoms with E-state index in [9.17, 15) is 18.0 Å². The summed E-state index contributed by atoms with van der Waals surface area (Å²) in [6.45, 7) is 11.1. The molecule has 1 atom stereocenters. The van der Waals surface area contributed by atoms with Crippen molar-refractivity contribution in [3.05, 3.63) is 131 Å². The van der Waals surface area contributed by atoms with Crippen molar-refractivity contribution in [2.75, 3.05) is 10.8 Å². The van der Waals surface area contributed by atoms with Crippen LogP contribution in [0.1, 0.15) is 48.6 Å². The summed E-state index contributed by atoms with van der Waals surface area (Å²) < 4.78 is 29.6. The van der Waals surface area contributed by atoms with Crippen molar-refractivity contribution < 1.29 is 18.0 Å². The molecule has 4 aromatic rings. The van der Waals surface area contributed by atoms with Crippen LogP contribution in [-0.2, 0) is 32.6 Å². The molecule has 236 valence electrons. The molecule has 4 rings (SSSR count). The molecule has 7 nitrogen and oxygen atoms in total. The third-order valence-corrected chi connectivity index (χ3v) is 9.38. The van der Waals surface area contributed by atoms with Gasteiger partial charge in [0.2, 0.25) is 11.8 Å². The summed E-state index contributed by atoms with van der Waals surface area (Å²) in [5.74, 6) is -0.792. The van der Waals surface area contributed by atoms with Crippen LogP contribution in [0.2, 0.25) is 0 Å². The highest BCUT2D eigenvalue weighted by Gasteiger charge is 2.36. The lowest BCUT2D eigenvalue weighted by Crippen LogP contribution is -2.56. The number of sulfonamides is 1. The van der Waals surface area contributed by atoms with Crippen molar-refractivity contribution in [2.24, 2.45) is 0 Å². The van der Waals surface area contributed by atoms with Crippen LogP contribution in [-0.4, -0.2) is 43.3 Å². The van der Waals surface area contributed by atoms with Gasteiger partial charge in [0, 0.05) is 18.5 Å². The van der Waals surface area contributed by atoms with Gasteiger partial charge in [0.15, 0.2) is 0 Å². The Hall–Kier alpha value is -4.43. The summed E-state index contributed by atoms with van der Waals surface area (Å²) in [7, 11) is -4.15. The van der Waals surface area contributed by atoms with Gasteiger partial charge in [0.1, 0.15) is 12.6 Å². The molecule has 0 bridgehead atoms. The number of rotatable bonds is 11. The lowest BCUT2D eigenvalue weighted by atomic mass is 10.00. The van der Waals surface area contributed by atoms with Gasteiger partial charge in [0.25, 0.3) is 10.0 Å². The van der Waals surface area contributed by atoms with Crippen LogP contribution >= 0.6 is 0 Å². The third kappa shape index (κ3) is 8.60. The van der Waals surface area contributed by atoms with Crippen LogP contribution in [0, 0.1) is 20.8 Å². The van der Waals surface area contributed by atoms with Crippen LogP contribution < -0.4 is 9.62 Å². The van der Waals surface area contributed by atoms with E-state index in [1.807, 2.05) is 108 Å². The highest BCUT2D eigenvalue weighted by Crippen LogP contribution is 2.28. The number of hydrogen-bond acceptors (Lipinski definition) is 4. The summed E-state index contributed by atoms with van der Waals surface area (Å²) in [4.78, 5) is 30.3. The number of carbonyl (C=O) groups is 2. The van der Waals surface area contributed by atoms with Gasteiger partial charge in [-0.15, -0.1) is 0 Å². The first kappa shape index (κ1) is 33.5. The molecule has 0 unspecified atom stereocenters. The standard InChI is InChI=1S/C37H43N3O4S/c1-27-21-22-33(29(3)23-27)40(45(43,44)32-19-11-8-12-20-32)26-35(41)39(25-31-18-14-13-15-28(31)2)34(36(42)38-37(4,5)6)24-30-16-9-7-10-17-30/h7-23,34H,24-26H2,1-6H3,(H,38,42)/t34-/m0/s1. The molecular formula is C37H43N3O4S. The summed E-state index contributed by atoms with van der Waals surface area (Å²) in [5.41, 5.74) is 4.28. The molecule has 0 saturated carbocycles. The normalized spacial score (nSPS) is 12.3. The first-order valence-electron chi connectivity index (χ1n) is 15.1. The van der Waals surface area contributed by atoms with Crippen molar-refractivity contribution in [1.82, 2.24) is 10.2 Å². The Bertz CT molecular complexity index is 1730. The van der Waals surface area contributed by atoms with Gasteiger partial charge in [0.05, 0.1) is 10.6 Å². The molecule has 2 amide bonds. The van der Waals surface area contributed by atoms with Gasteiger partial charge in [-0.05, 0) is 82.0 Å². The molecule has 0 fully saturated rings. The third-order valence-electron chi connectivity index (χ3n) is 7.60. The number of benzene rings is 4. The summed E-state index contributed by atoms with van der Waals surface area (Å²) in [5, 5.41) is 3.07. The number of nitrogens with zero attached hydrogens (tertiary/aromatic N) is 2. The van der Waals surface area contributed by atoms with Crippen molar-refractivity contribution in [2.45, 2.75) is 71.0 Å². The van der Waals surface area contributed by atoms with Crippen LogP contribution in [0.3, 0.4) is 0 Å². The smallest absolute Gasteiger partial charge is 0.264 e. The Morgan fingerprint density at radius 1 is 0.778 bits per heavy atom. The van der Waals surface area contributed by atoms with E-state index < -0.39 is 34.1 Å². The summed E-state index contributed by atoms with van der Waals surface area (Å²) in [6.07, 6.45) is 0.259. The average Bonchev–Trinajstić information content (AvgIpc) is 2.99. The Labute approximate surface area is 268 Å². The highest BCUT2D eigenvalue weighted by molar-refractivity contribution is 7.92. The van der Waals surface area contributed by atoms with E-state index in [1.54, 1.807) is 24.3 Å². The lowest BCUT2D eigenvalue weighted by Gasteiger charge is -2.36. The maximum atomic E-state index is 14.6. The van der Waals surface area contributed by atoms with Crippen LogP contribution in [0.5, 0.6) is 0 Å². The van der Waals surface area contributed by atoms with E-state index in [4.69, 9.17) is 0 Å². The molecule has 0 aliphatic carbocycles. The summed E-state index contributed by atoms with van der Waals surface area (Å²) >= 11 is 0. The number of amides is 2. The topological polar surface area (TPSA) is 86.8 Å². The first-order valence-corrected chi connectivity index (χ1v) is 16.6. The molecule has 4 aromatic carbocycles. The van der Waals surface area contributed by atoms with Gasteiger partial charge in [-0.2, -0.15) is 0 Å². The Balaban J connectivity index is 1.84. The van der Waals surface area contributed by atoms with E-state index in [0.29, 0.717) is 5.69 Å². The number of nitrogens with one attached hydrogen (secondary N) is 1. The van der Waals surface area contributed by atoms with E-state index in [0.717, 1.165) is 27.8 Å². The minimum Gasteiger partial charge on any atom is -0.350 e. The maximum Gasteiger partial charge on any atom is 0.264 e. The van der Waals surface area contributed by atoms with Crippen LogP contribution in [0.4, 0.5) is 5.69 Å². The first-order chi connectivity index (χ1) is 21.3. The maximum absolute atomic E-state index is 14.6. The zero-order valence-corrected chi connectivity index (χ0v) is 27.8. The lowest BCUT2D eigenvalue weighted by molar-refractivity contribution is -0.140. The largest absolute Gasteiger partial charge is 0.350 e. The number of anilines is 1. The van der Waals surface area contributed by atoms with E-state index in [2.05, 4.69) is 5.32 Å². The number of hydrogen-bond donors (Lipinski definition) is 1. The fraction of sp³-hybridized carbons (Fsp3) is 0.297. The molecule has 8 heteroatoms. The van der Waals surface area contributed by atoms with Gasteiger partial charge in [-0.1, -0.05) is 90.5 Å². The number of aryl methyl sites for hydroxylation is 3. The molecule has 0 spiro atoms. The van der Waals surface area contributed by atoms with Gasteiger partial charge in [-0.25, -0.2) is 8.42 Å². The molecule has 0 saturated heterocycles. The van der Waals surface area contributed by atoms with Gasteiger partial charge in [-0.3, -0.25) is 13.9 Å². The van der Waals surface area contributed by atoms with Crippen molar-refractivity contribution in [3.63, 3.8) is 0 Å². The monoisotopic (exact) mass is 625 g/mol. The Morgan fingerprint density at radius 3 is 1.98 bits per heavy atom. The SMILES string of the molecule is Cc1ccc(N(CC(=O)N(Cc2ccccc2C)[C@@H](Cc2ccccc2)C(=O)NC(C)(C)C)S(=O)(=O)c2ccccc2)c(C)c1. The van der Waals surface area contributed by atoms with Crippen molar-refractivity contribution in [3.8, 4) is 0 Å². The van der Waals surface area contributed by atoms with Gasteiger partial charge < -0.3 is 10.2 Å². The van der Waals surface area contributed by atoms with Gasteiger partial charge >= 0.3 is 0 Å². The predicted octanol–water partition coefficient (Wildman–Crippen LogP) is 6.36. The molecule has 0 radical (unpaired) electrons. The number of carbonyl (C=O) groups excluding carboxylic acids is 2. The fourth-order valence-electron chi connectivity index (χ4n) is 5.30. The predicted molar refractivity (Wildman–Crippen MR) is 180 cm³/mol. The molecule has 0 heterocycles. The second-order valence-corrected chi connectivity index (χ2v) is 14.4.